The maximum Gasteiger partial charge on any atom is 0.270 e. The fourth-order valence-corrected chi connectivity index (χ4v) is 1.44. The minimum absolute atomic E-state index is 0.215. The fourth-order valence-electron chi connectivity index (χ4n) is 1.44. The predicted molar refractivity (Wildman–Crippen MR) is 66.2 cm³/mol. The molecule has 0 fully saturated rings. The molecule has 1 heterocycles. The molecule has 1 N–H and O–H groups in total. The molecule has 0 aliphatic heterocycles. The Morgan fingerprint density at radius 2 is 2.06 bits per heavy atom. The van der Waals surface area contributed by atoms with Crippen molar-refractivity contribution in [2.45, 2.75) is 6.54 Å². The summed E-state index contributed by atoms with van der Waals surface area (Å²) in [7, 11) is 1.62. The number of hydrogen-bond acceptors (Lipinski definition) is 4. The highest BCUT2D eigenvalue weighted by molar-refractivity contribution is 5.91. The summed E-state index contributed by atoms with van der Waals surface area (Å²) in [5.74, 6) is 0.578. The second kappa shape index (κ2) is 5.77. The Morgan fingerprint density at radius 1 is 1.28 bits per heavy atom. The van der Waals surface area contributed by atoms with E-state index >= 15 is 0 Å². The summed E-state index contributed by atoms with van der Waals surface area (Å²) in [6.45, 7) is 0.451. The van der Waals surface area contributed by atoms with E-state index in [1.165, 1.54) is 12.5 Å². The monoisotopic (exact) mass is 243 g/mol. The van der Waals surface area contributed by atoms with Crippen LogP contribution < -0.4 is 10.1 Å². The van der Waals surface area contributed by atoms with E-state index < -0.39 is 0 Å². The third-order valence-electron chi connectivity index (χ3n) is 2.43. The topological polar surface area (TPSA) is 64.1 Å². The maximum absolute atomic E-state index is 11.7. The van der Waals surface area contributed by atoms with Crippen molar-refractivity contribution in [1.82, 2.24) is 15.3 Å². The molecule has 0 radical (unpaired) electrons. The van der Waals surface area contributed by atoms with E-state index in [9.17, 15) is 4.79 Å². The Hall–Kier alpha value is -2.43. The van der Waals surface area contributed by atoms with Crippen LogP contribution in [-0.4, -0.2) is 23.0 Å². The lowest BCUT2D eigenvalue weighted by molar-refractivity contribution is 0.0945. The Kier molecular flexibility index (Phi) is 3.86. The molecule has 18 heavy (non-hydrogen) atoms. The molecule has 0 aliphatic rings. The van der Waals surface area contributed by atoms with E-state index in [2.05, 4.69) is 15.3 Å². The lowest BCUT2D eigenvalue weighted by Crippen LogP contribution is -2.23. The molecule has 1 aromatic heterocycles. The van der Waals surface area contributed by atoms with Gasteiger partial charge in [-0.2, -0.15) is 0 Å². The van der Waals surface area contributed by atoms with Gasteiger partial charge in [-0.05, 0) is 23.8 Å². The number of carbonyl (C=O) groups is 1. The van der Waals surface area contributed by atoms with Crippen molar-refractivity contribution >= 4 is 5.91 Å². The molecule has 5 heteroatoms. The van der Waals surface area contributed by atoms with Crippen molar-refractivity contribution in [1.29, 1.82) is 0 Å². The van der Waals surface area contributed by atoms with Gasteiger partial charge in [-0.3, -0.25) is 4.79 Å². The second-order valence-corrected chi connectivity index (χ2v) is 3.63. The van der Waals surface area contributed by atoms with Crippen molar-refractivity contribution in [3.63, 3.8) is 0 Å². The largest absolute Gasteiger partial charge is 0.497 e. The molecule has 5 nitrogen and oxygen atoms in total. The van der Waals surface area contributed by atoms with Crippen LogP contribution in [0.15, 0.2) is 42.9 Å². The van der Waals surface area contributed by atoms with Crippen LogP contribution in [0.5, 0.6) is 5.75 Å². The number of nitrogens with one attached hydrogen (secondary N) is 1. The SMILES string of the molecule is COc1ccc(CNC(=O)c2ccncn2)cc1. The van der Waals surface area contributed by atoms with Crippen LogP contribution in [0.4, 0.5) is 0 Å². The first-order valence-electron chi connectivity index (χ1n) is 5.47. The number of methoxy groups -OCH3 is 1. The van der Waals surface area contributed by atoms with Crippen molar-refractivity contribution in [3.8, 4) is 5.75 Å². The molecule has 1 aromatic carbocycles. The molecule has 1 amide bonds. The standard InChI is InChI=1S/C13H13N3O2/c1-18-11-4-2-10(3-5-11)8-15-13(17)12-6-7-14-9-16-12/h2-7,9H,8H2,1H3,(H,15,17). The lowest BCUT2D eigenvalue weighted by Gasteiger charge is -2.05. The summed E-state index contributed by atoms with van der Waals surface area (Å²) in [4.78, 5) is 19.4. The first-order chi connectivity index (χ1) is 8.79. The number of hydrogen-bond donors (Lipinski definition) is 1. The number of amides is 1. The highest BCUT2D eigenvalue weighted by Gasteiger charge is 2.05. The van der Waals surface area contributed by atoms with Crippen LogP contribution in [0, 0.1) is 0 Å². The predicted octanol–water partition coefficient (Wildman–Crippen LogP) is 1.42. The first-order valence-corrected chi connectivity index (χ1v) is 5.47. The quantitative estimate of drug-likeness (QED) is 0.882. The van der Waals surface area contributed by atoms with Gasteiger partial charge < -0.3 is 10.1 Å². The van der Waals surface area contributed by atoms with Gasteiger partial charge in [0.1, 0.15) is 17.8 Å². The summed E-state index contributed by atoms with van der Waals surface area (Å²) < 4.78 is 5.06. The molecule has 0 unspecified atom stereocenters. The molecule has 0 spiro atoms. The van der Waals surface area contributed by atoms with Gasteiger partial charge in [0, 0.05) is 12.7 Å². The number of benzene rings is 1. The Balaban J connectivity index is 1.93. The number of rotatable bonds is 4. The Bertz CT molecular complexity index is 512. The van der Waals surface area contributed by atoms with Crippen molar-refractivity contribution in [3.05, 3.63) is 54.1 Å². The van der Waals surface area contributed by atoms with Gasteiger partial charge in [-0.1, -0.05) is 12.1 Å². The van der Waals surface area contributed by atoms with E-state index in [4.69, 9.17) is 4.74 Å². The lowest BCUT2D eigenvalue weighted by atomic mass is 10.2. The minimum atomic E-state index is -0.215. The average Bonchev–Trinajstić information content (AvgIpc) is 2.46. The minimum Gasteiger partial charge on any atom is -0.497 e. The van der Waals surface area contributed by atoms with Gasteiger partial charge >= 0.3 is 0 Å². The number of ether oxygens (including phenoxy) is 1. The molecule has 0 bridgehead atoms. The third kappa shape index (κ3) is 3.04. The van der Waals surface area contributed by atoms with Crippen LogP contribution in [0.1, 0.15) is 16.1 Å². The number of nitrogens with zero attached hydrogens (tertiary/aromatic N) is 2. The zero-order valence-corrected chi connectivity index (χ0v) is 9.96. The van der Waals surface area contributed by atoms with Crippen LogP contribution in [-0.2, 0) is 6.54 Å². The smallest absolute Gasteiger partial charge is 0.270 e. The van der Waals surface area contributed by atoms with Crippen LogP contribution in [0.25, 0.3) is 0 Å². The average molecular weight is 243 g/mol. The van der Waals surface area contributed by atoms with E-state index in [1.54, 1.807) is 13.2 Å². The highest BCUT2D eigenvalue weighted by atomic mass is 16.5. The summed E-state index contributed by atoms with van der Waals surface area (Å²) in [5.41, 5.74) is 1.36. The van der Waals surface area contributed by atoms with Gasteiger partial charge in [0.2, 0.25) is 0 Å². The van der Waals surface area contributed by atoms with E-state index in [0.29, 0.717) is 12.2 Å². The summed E-state index contributed by atoms with van der Waals surface area (Å²) >= 11 is 0. The van der Waals surface area contributed by atoms with Crippen LogP contribution in [0.2, 0.25) is 0 Å². The zero-order valence-electron chi connectivity index (χ0n) is 9.96. The molecular weight excluding hydrogens is 230 g/mol. The van der Waals surface area contributed by atoms with E-state index in [-0.39, 0.29) is 5.91 Å². The van der Waals surface area contributed by atoms with Gasteiger partial charge in [0.05, 0.1) is 7.11 Å². The Labute approximate surface area is 105 Å². The van der Waals surface area contributed by atoms with Crippen molar-refractivity contribution < 1.29 is 9.53 Å². The maximum atomic E-state index is 11.7. The molecule has 0 saturated carbocycles. The number of aromatic nitrogens is 2. The molecule has 0 atom stereocenters. The molecule has 2 aromatic rings. The summed E-state index contributed by atoms with van der Waals surface area (Å²) in [6.07, 6.45) is 2.89. The molecule has 0 aliphatic carbocycles. The third-order valence-corrected chi connectivity index (χ3v) is 2.43. The first kappa shape index (κ1) is 12.0. The number of carbonyl (C=O) groups excluding carboxylic acids is 1. The summed E-state index contributed by atoms with van der Waals surface area (Å²) in [5, 5.41) is 2.78. The van der Waals surface area contributed by atoms with Gasteiger partial charge in [0.25, 0.3) is 5.91 Å². The highest BCUT2D eigenvalue weighted by Crippen LogP contribution is 2.10. The molecule has 2 rings (SSSR count). The van der Waals surface area contributed by atoms with Crippen LogP contribution >= 0.6 is 0 Å². The fraction of sp³-hybridized carbons (Fsp3) is 0.154. The molecule has 0 saturated heterocycles. The summed E-state index contributed by atoms with van der Waals surface area (Å²) in [6, 6.07) is 9.08. The van der Waals surface area contributed by atoms with E-state index in [1.807, 2.05) is 24.3 Å². The van der Waals surface area contributed by atoms with Crippen LogP contribution in [0.3, 0.4) is 0 Å². The second-order valence-electron chi connectivity index (χ2n) is 3.63. The molecular formula is C13H13N3O2. The van der Waals surface area contributed by atoms with E-state index in [0.717, 1.165) is 11.3 Å². The normalized spacial score (nSPS) is 9.83. The van der Waals surface area contributed by atoms with Gasteiger partial charge in [-0.15, -0.1) is 0 Å². The van der Waals surface area contributed by atoms with Gasteiger partial charge in [0.15, 0.2) is 0 Å². The van der Waals surface area contributed by atoms with Gasteiger partial charge in [-0.25, -0.2) is 9.97 Å². The Morgan fingerprint density at radius 3 is 2.67 bits per heavy atom. The van der Waals surface area contributed by atoms with Crippen molar-refractivity contribution in [2.75, 3.05) is 7.11 Å². The molecule has 92 valence electrons. The zero-order chi connectivity index (χ0) is 12.8. The van der Waals surface area contributed by atoms with Crippen molar-refractivity contribution in [2.24, 2.45) is 0 Å².